The van der Waals surface area contributed by atoms with E-state index >= 15 is 0 Å². The van der Waals surface area contributed by atoms with E-state index in [1.807, 2.05) is 30.7 Å². The van der Waals surface area contributed by atoms with E-state index in [2.05, 4.69) is 15.6 Å². The number of fused-ring (bicyclic) bond motifs is 2. The third-order valence-corrected chi connectivity index (χ3v) is 11.8. The highest BCUT2D eigenvalue weighted by Crippen LogP contribution is 2.32. The monoisotopic (exact) mass is 1000 g/mol. The van der Waals surface area contributed by atoms with E-state index in [1.165, 1.54) is 36.5 Å². The van der Waals surface area contributed by atoms with Crippen LogP contribution in [0.25, 0.3) is 20.4 Å². The molecule has 0 saturated carbocycles. The average Bonchev–Trinajstić information content (AvgIpc) is 3.94. The summed E-state index contributed by atoms with van der Waals surface area (Å²) in [5.74, 6) is -0.963. The SMILES string of the molecule is C.CC(=O)Nc1ccc(CCl)cc1Cl.CCCCOc1c(C(=O)OCC)c2sccc2[nH]c1=O.CCCCOc1c(C(=O)OCC)c2sccc2n(Cc2ccc(NC(C)=O)c(Cl)c2)c1=O. The Morgan fingerprint density at radius 3 is 1.71 bits per heavy atom. The molecule has 2 aromatic carbocycles. The average molecular weight is 1010 g/mol. The molecular formula is C47H55Cl3N4O10S2. The van der Waals surface area contributed by atoms with Crippen LogP contribution in [-0.4, -0.2) is 59.7 Å². The minimum atomic E-state index is -0.571. The first-order valence-electron chi connectivity index (χ1n) is 20.7. The van der Waals surface area contributed by atoms with E-state index in [-0.39, 0.29) is 61.6 Å². The maximum absolute atomic E-state index is 13.5. The normalized spacial score (nSPS) is 10.4. The zero-order chi connectivity index (χ0) is 47.6. The molecule has 2 amide bonds. The highest BCUT2D eigenvalue weighted by Gasteiger charge is 2.26. The molecule has 0 bridgehead atoms. The van der Waals surface area contributed by atoms with Crippen LogP contribution in [0.5, 0.6) is 11.5 Å². The quantitative estimate of drug-likeness (QED) is 0.0451. The Labute approximate surface area is 406 Å². The molecule has 0 radical (unpaired) electrons. The number of unbranched alkanes of at least 4 members (excludes halogenated alkanes) is 2. The van der Waals surface area contributed by atoms with E-state index in [0.29, 0.717) is 60.9 Å². The molecule has 4 aromatic heterocycles. The number of anilines is 2. The van der Waals surface area contributed by atoms with E-state index in [0.717, 1.165) is 36.8 Å². The number of amides is 2. The van der Waals surface area contributed by atoms with Crippen molar-refractivity contribution in [1.29, 1.82) is 0 Å². The molecule has 0 atom stereocenters. The van der Waals surface area contributed by atoms with Gasteiger partial charge in [0.2, 0.25) is 23.3 Å². The molecule has 66 heavy (non-hydrogen) atoms. The fourth-order valence-corrected chi connectivity index (χ4v) is 8.52. The van der Waals surface area contributed by atoms with Crippen LogP contribution in [0, 0.1) is 0 Å². The highest BCUT2D eigenvalue weighted by molar-refractivity contribution is 7.17. The Balaban J connectivity index is 0.000000289. The molecule has 0 unspecified atom stereocenters. The lowest BCUT2D eigenvalue weighted by atomic mass is 10.1. The number of esters is 2. The first-order chi connectivity index (χ1) is 31.2. The van der Waals surface area contributed by atoms with Gasteiger partial charge in [-0.05, 0) is 85.0 Å². The van der Waals surface area contributed by atoms with Gasteiger partial charge in [-0.2, -0.15) is 0 Å². The lowest BCUT2D eigenvalue weighted by Crippen LogP contribution is -2.26. The van der Waals surface area contributed by atoms with Gasteiger partial charge in [-0.25, -0.2) is 9.59 Å². The van der Waals surface area contributed by atoms with Crippen LogP contribution < -0.4 is 31.2 Å². The van der Waals surface area contributed by atoms with E-state index in [9.17, 15) is 28.8 Å². The zero-order valence-electron chi connectivity index (χ0n) is 36.8. The zero-order valence-corrected chi connectivity index (χ0v) is 40.7. The number of aromatic amines is 1. The minimum Gasteiger partial charge on any atom is -0.487 e. The first-order valence-corrected chi connectivity index (χ1v) is 23.8. The van der Waals surface area contributed by atoms with Crippen LogP contribution in [-0.2, 0) is 31.5 Å². The number of carbonyl (C=O) groups is 4. The molecule has 14 nitrogen and oxygen atoms in total. The van der Waals surface area contributed by atoms with Crippen LogP contribution in [0.3, 0.4) is 0 Å². The molecule has 0 spiro atoms. The largest absolute Gasteiger partial charge is 0.487 e. The number of halogens is 3. The number of hydrogen-bond acceptors (Lipinski definition) is 12. The van der Waals surface area contributed by atoms with E-state index in [4.69, 9.17) is 53.8 Å². The second kappa shape index (κ2) is 27.3. The summed E-state index contributed by atoms with van der Waals surface area (Å²) in [5, 5.41) is 9.79. The maximum Gasteiger partial charge on any atom is 0.343 e. The number of nitrogens with zero attached hydrogens (tertiary/aromatic N) is 1. The van der Waals surface area contributed by atoms with Crippen molar-refractivity contribution >= 4 is 113 Å². The second-order valence-corrected chi connectivity index (χ2v) is 16.9. The molecule has 0 aliphatic heterocycles. The van der Waals surface area contributed by atoms with Gasteiger partial charge in [0.1, 0.15) is 11.1 Å². The van der Waals surface area contributed by atoms with Gasteiger partial charge >= 0.3 is 11.9 Å². The number of H-pyrrole nitrogens is 1. The first kappa shape index (κ1) is 54.9. The summed E-state index contributed by atoms with van der Waals surface area (Å²) in [6.45, 7) is 11.7. The van der Waals surface area contributed by atoms with E-state index in [1.54, 1.807) is 60.9 Å². The van der Waals surface area contributed by atoms with Gasteiger partial charge in [-0.1, -0.05) is 69.5 Å². The van der Waals surface area contributed by atoms with Gasteiger partial charge in [0.15, 0.2) is 0 Å². The number of carbonyl (C=O) groups excluding carboxylic acids is 4. The van der Waals surface area contributed by atoms with Gasteiger partial charge in [0, 0.05) is 19.7 Å². The summed E-state index contributed by atoms with van der Waals surface area (Å²) >= 11 is 20.5. The predicted octanol–water partition coefficient (Wildman–Crippen LogP) is 11.7. The summed E-state index contributed by atoms with van der Waals surface area (Å²) in [5.41, 5.74) is 3.67. The van der Waals surface area contributed by atoms with Crippen molar-refractivity contribution < 1.29 is 38.1 Å². The standard InChI is InChI=1S/C23H25ClN2O5S.C14H17NO4S.C9H9Cl2NO.CH4/c1-4-6-10-31-20-19(23(29)30-5-2)21-18(9-11-32-21)26(22(20)28)13-15-7-8-17(16(24)12-15)25-14(3)27;1-3-5-7-19-11-10(14(17)18-4-2)12-9(6-8-20-12)15-13(11)16;1-6(13)12-9-3-2-7(5-10)4-8(9)11;/h7-9,11-12H,4-6,10,13H2,1-3H3,(H,25,27);6,8H,3-5,7H2,1-2H3,(H,15,16);2-4H,5H2,1H3,(H,12,13);1H4. The lowest BCUT2D eigenvalue weighted by molar-refractivity contribution is -0.115. The van der Waals surface area contributed by atoms with Crippen LogP contribution in [0.15, 0.2) is 68.9 Å². The number of rotatable bonds is 17. The third kappa shape index (κ3) is 14.8. The highest BCUT2D eigenvalue weighted by atomic mass is 35.5. The summed E-state index contributed by atoms with van der Waals surface area (Å²) in [4.78, 5) is 75.1. The summed E-state index contributed by atoms with van der Waals surface area (Å²) in [7, 11) is 0. The van der Waals surface area contributed by atoms with E-state index < -0.39 is 23.1 Å². The van der Waals surface area contributed by atoms with Gasteiger partial charge in [-0.3, -0.25) is 23.7 Å². The Bertz CT molecular complexity index is 2730. The molecule has 0 aliphatic rings. The number of thiophene rings is 2. The van der Waals surface area contributed by atoms with Gasteiger partial charge < -0.3 is 34.6 Å². The Morgan fingerprint density at radius 1 is 0.697 bits per heavy atom. The van der Waals surface area contributed by atoms with Gasteiger partial charge in [0.05, 0.1) is 74.8 Å². The van der Waals surface area contributed by atoms with Gasteiger partial charge in [-0.15, -0.1) is 34.3 Å². The number of alkyl halides is 1. The molecule has 0 fully saturated rings. The Hall–Kier alpha value is -5.39. The van der Waals surface area contributed by atoms with Crippen LogP contribution >= 0.6 is 57.5 Å². The number of pyridine rings is 2. The number of hydrogen-bond donors (Lipinski definition) is 3. The van der Waals surface area contributed by atoms with Crippen molar-refractivity contribution in [1.82, 2.24) is 9.55 Å². The smallest absolute Gasteiger partial charge is 0.343 e. The van der Waals surface area contributed by atoms with Crippen LogP contribution in [0.4, 0.5) is 11.4 Å². The van der Waals surface area contributed by atoms with Crippen molar-refractivity contribution in [2.75, 3.05) is 37.1 Å². The van der Waals surface area contributed by atoms with Crippen molar-refractivity contribution in [2.45, 2.75) is 87.1 Å². The molecule has 356 valence electrons. The van der Waals surface area contributed by atoms with Crippen molar-refractivity contribution in [3.05, 3.63) is 112 Å². The summed E-state index contributed by atoms with van der Waals surface area (Å²) in [6, 6.07) is 14.0. The van der Waals surface area contributed by atoms with Crippen LogP contribution in [0.1, 0.15) is 106 Å². The molecule has 0 saturated heterocycles. The molecule has 0 aliphatic carbocycles. The van der Waals surface area contributed by atoms with Gasteiger partial charge in [0.25, 0.3) is 11.1 Å². The lowest BCUT2D eigenvalue weighted by Gasteiger charge is -2.16. The Morgan fingerprint density at radius 2 is 1.20 bits per heavy atom. The second-order valence-electron chi connectivity index (χ2n) is 14.0. The predicted molar refractivity (Wildman–Crippen MR) is 268 cm³/mol. The number of aromatic nitrogens is 2. The molecule has 6 aromatic rings. The summed E-state index contributed by atoms with van der Waals surface area (Å²) in [6.07, 6.45) is 3.42. The fraction of sp³-hybridized carbons (Fsp3) is 0.362. The number of nitrogens with one attached hydrogen (secondary N) is 3. The Kier molecular flexibility index (Phi) is 22.7. The van der Waals surface area contributed by atoms with Crippen molar-refractivity contribution in [3.63, 3.8) is 0 Å². The molecule has 4 heterocycles. The van der Waals surface area contributed by atoms with Crippen LogP contribution in [0.2, 0.25) is 10.0 Å². The number of ether oxygens (including phenoxy) is 4. The fourth-order valence-electron chi connectivity index (χ4n) is 6.05. The maximum atomic E-state index is 13.5. The molecule has 19 heteroatoms. The third-order valence-electron chi connectivity index (χ3n) is 9.03. The van der Waals surface area contributed by atoms with Crippen molar-refractivity contribution in [3.8, 4) is 11.5 Å². The number of benzene rings is 2. The van der Waals surface area contributed by atoms with Crippen molar-refractivity contribution in [2.24, 2.45) is 0 Å². The molecule has 3 N–H and O–H groups in total. The minimum absolute atomic E-state index is 0. The summed E-state index contributed by atoms with van der Waals surface area (Å²) < 4.78 is 24.5. The topological polar surface area (TPSA) is 184 Å². The molecular weight excluding hydrogens is 951 g/mol. The molecule has 6 rings (SSSR count).